The van der Waals surface area contributed by atoms with Crippen molar-refractivity contribution in [3.63, 3.8) is 0 Å². The number of carbonyl (C=O) groups excluding carboxylic acids is 1. The molecule has 98 valence electrons. The Bertz CT molecular complexity index is 424. The van der Waals surface area contributed by atoms with Crippen molar-refractivity contribution in [1.82, 2.24) is 4.98 Å². The number of aromatic nitrogens is 1. The maximum atomic E-state index is 11.4. The van der Waals surface area contributed by atoms with E-state index in [9.17, 15) is 4.79 Å². The minimum Gasteiger partial charge on any atom is -0.481 e. The van der Waals surface area contributed by atoms with Crippen LogP contribution in [0.5, 0.6) is 5.88 Å². The van der Waals surface area contributed by atoms with Gasteiger partial charge in [-0.3, -0.25) is 0 Å². The van der Waals surface area contributed by atoms with E-state index in [1.54, 1.807) is 13.2 Å². The third-order valence-corrected chi connectivity index (χ3v) is 2.77. The Morgan fingerprint density at radius 2 is 2.33 bits per heavy atom. The van der Waals surface area contributed by atoms with Gasteiger partial charge in [-0.2, -0.15) is 4.98 Å². The van der Waals surface area contributed by atoms with E-state index in [1.165, 1.54) is 7.11 Å². The van der Waals surface area contributed by atoms with E-state index in [0.717, 1.165) is 5.82 Å². The number of pyridine rings is 1. The second-order valence-corrected chi connectivity index (χ2v) is 3.87. The molecule has 1 aliphatic heterocycles. The van der Waals surface area contributed by atoms with Gasteiger partial charge in [0.1, 0.15) is 5.82 Å². The van der Waals surface area contributed by atoms with E-state index in [4.69, 9.17) is 9.47 Å². The predicted molar refractivity (Wildman–Crippen MR) is 64.8 cm³/mol. The maximum Gasteiger partial charge on any atom is 0.336 e. The molecule has 1 aromatic heterocycles. The van der Waals surface area contributed by atoms with Gasteiger partial charge in [-0.15, -0.1) is 0 Å². The molecule has 6 nitrogen and oxygen atoms in total. The first-order chi connectivity index (χ1) is 8.74. The van der Waals surface area contributed by atoms with Crippen LogP contribution in [0.2, 0.25) is 0 Å². The van der Waals surface area contributed by atoms with Crippen LogP contribution in [-0.2, 0) is 14.3 Å². The van der Waals surface area contributed by atoms with Crippen molar-refractivity contribution < 1.29 is 19.0 Å². The van der Waals surface area contributed by atoms with Gasteiger partial charge < -0.3 is 19.1 Å². The number of methoxy groups -OCH3 is 2. The Labute approximate surface area is 105 Å². The molecular weight excluding hydrogens is 236 g/mol. The number of carbonyl (C=O) groups is 1. The first kappa shape index (κ1) is 12.6. The standard InChI is InChI=1S/C12H16N2O4/c1-16-11-5-3-4-10(13-11)14-6-7-18-9(8-14)12(15)17-2/h3-5,9H,6-8H2,1-2H3. The molecule has 0 aliphatic carbocycles. The highest BCUT2D eigenvalue weighted by molar-refractivity contribution is 5.75. The van der Waals surface area contributed by atoms with Gasteiger partial charge in [-0.25, -0.2) is 4.79 Å². The number of esters is 1. The SMILES string of the molecule is COC(=O)C1CN(c2cccc(OC)n2)CCO1. The van der Waals surface area contributed by atoms with E-state index < -0.39 is 6.10 Å². The second-order valence-electron chi connectivity index (χ2n) is 3.87. The molecule has 1 fully saturated rings. The van der Waals surface area contributed by atoms with E-state index >= 15 is 0 Å². The minimum absolute atomic E-state index is 0.359. The van der Waals surface area contributed by atoms with Crippen molar-refractivity contribution in [2.24, 2.45) is 0 Å². The third kappa shape index (κ3) is 2.70. The lowest BCUT2D eigenvalue weighted by Gasteiger charge is -2.32. The van der Waals surface area contributed by atoms with Crippen LogP contribution in [0, 0.1) is 0 Å². The number of nitrogens with zero attached hydrogens (tertiary/aromatic N) is 2. The highest BCUT2D eigenvalue weighted by Gasteiger charge is 2.28. The first-order valence-electron chi connectivity index (χ1n) is 5.70. The van der Waals surface area contributed by atoms with E-state index in [1.807, 2.05) is 17.0 Å². The fraction of sp³-hybridized carbons (Fsp3) is 0.500. The van der Waals surface area contributed by atoms with Crippen molar-refractivity contribution in [1.29, 1.82) is 0 Å². The van der Waals surface area contributed by atoms with Crippen molar-refractivity contribution in [2.75, 3.05) is 38.8 Å². The zero-order valence-corrected chi connectivity index (χ0v) is 10.5. The molecule has 0 N–H and O–H groups in total. The molecule has 0 radical (unpaired) electrons. The molecule has 2 heterocycles. The smallest absolute Gasteiger partial charge is 0.336 e. The zero-order valence-electron chi connectivity index (χ0n) is 10.5. The molecule has 1 unspecified atom stereocenters. The normalized spacial score (nSPS) is 19.4. The summed E-state index contributed by atoms with van der Waals surface area (Å²) in [4.78, 5) is 17.8. The van der Waals surface area contributed by atoms with Crippen molar-refractivity contribution >= 4 is 11.8 Å². The Morgan fingerprint density at radius 3 is 3.06 bits per heavy atom. The van der Waals surface area contributed by atoms with Gasteiger partial charge in [-0.1, -0.05) is 6.07 Å². The Hall–Kier alpha value is -1.82. The number of hydrogen-bond donors (Lipinski definition) is 0. The molecule has 0 aromatic carbocycles. The van der Waals surface area contributed by atoms with Crippen LogP contribution in [0.15, 0.2) is 18.2 Å². The monoisotopic (exact) mass is 252 g/mol. The average Bonchev–Trinajstić information content (AvgIpc) is 2.46. The Balaban J connectivity index is 2.10. The van der Waals surface area contributed by atoms with Gasteiger partial charge in [0.25, 0.3) is 0 Å². The highest BCUT2D eigenvalue weighted by atomic mass is 16.6. The highest BCUT2D eigenvalue weighted by Crippen LogP contribution is 2.18. The lowest BCUT2D eigenvalue weighted by Crippen LogP contribution is -2.46. The van der Waals surface area contributed by atoms with Gasteiger partial charge in [0.15, 0.2) is 6.10 Å². The second kappa shape index (κ2) is 5.68. The number of ether oxygens (including phenoxy) is 3. The molecular formula is C12H16N2O4. The van der Waals surface area contributed by atoms with Crippen LogP contribution >= 0.6 is 0 Å². The molecule has 0 saturated carbocycles. The van der Waals surface area contributed by atoms with Gasteiger partial charge in [0.2, 0.25) is 5.88 Å². The molecule has 0 spiro atoms. The van der Waals surface area contributed by atoms with Crippen LogP contribution in [0.4, 0.5) is 5.82 Å². The lowest BCUT2D eigenvalue weighted by molar-refractivity contribution is -0.154. The molecule has 1 aromatic rings. The third-order valence-electron chi connectivity index (χ3n) is 2.77. The van der Waals surface area contributed by atoms with Crippen LogP contribution in [0.25, 0.3) is 0 Å². The summed E-state index contributed by atoms with van der Waals surface area (Å²) in [6.45, 7) is 1.60. The summed E-state index contributed by atoms with van der Waals surface area (Å²) < 4.78 is 15.1. The summed E-state index contributed by atoms with van der Waals surface area (Å²) in [7, 11) is 2.93. The van der Waals surface area contributed by atoms with Crippen LogP contribution < -0.4 is 9.64 Å². The number of rotatable bonds is 3. The van der Waals surface area contributed by atoms with Crippen molar-refractivity contribution in [3.05, 3.63) is 18.2 Å². The summed E-state index contributed by atoms with van der Waals surface area (Å²) in [6, 6.07) is 5.52. The molecule has 2 rings (SSSR count). The van der Waals surface area contributed by atoms with Crippen LogP contribution in [0.3, 0.4) is 0 Å². The summed E-state index contributed by atoms with van der Waals surface area (Å²) in [6.07, 6.45) is -0.559. The molecule has 18 heavy (non-hydrogen) atoms. The molecule has 1 aliphatic rings. The summed E-state index contributed by atoms with van der Waals surface area (Å²) in [5.41, 5.74) is 0. The number of anilines is 1. The maximum absolute atomic E-state index is 11.4. The Kier molecular flexibility index (Phi) is 3.99. The molecule has 1 saturated heterocycles. The fourth-order valence-corrected chi connectivity index (χ4v) is 1.83. The largest absolute Gasteiger partial charge is 0.481 e. The number of hydrogen-bond acceptors (Lipinski definition) is 6. The Morgan fingerprint density at radius 1 is 1.50 bits per heavy atom. The van der Waals surface area contributed by atoms with Gasteiger partial charge in [-0.05, 0) is 6.07 Å². The average molecular weight is 252 g/mol. The summed E-state index contributed by atoms with van der Waals surface area (Å²) >= 11 is 0. The molecule has 6 heteroatoms. The topological polar surface area (TPSA) is 60.9 Å². The van der Waals surface area contributed by atoms with E-state index in [2.05, 4.69) is 9.72 Å². The molecule has 0 amide bonds. The van der Waals surface area contributed by atoms with Crippen molar-refractivity contribution in [2.45, 2.75) is 6.10 Å². The van der Waals surface area contributed by atoms with Crippen LogP contribution in [0.1, 0.15) is 0 Å². The first-order valence-corrected chi connectivity index (χ1v) is 5.70. The summed E-state index contributed by atoms with van der Waals surface area (Å²) in [5.74, 6) is 0.961. The lowest BCUT2D eigenvalue weighted by atomic mass is 10.2. The minimum atomic E-state index is -0.559. The van der Waals surface area contributed by atoms with Crippen molar-refractivity contribution in [3.8, 4) is 5.88 Å². The quantitative estimate of drug-likeness (QED) is 0.729. The molecule has 0 bridgehead atoms. The number of morpholine rings is 1. The predicted octanol–water partition coefficient (Wildman–Crippen LogP) is 0.468. The fourth-order valence-electron chi connectivity index (χ4n) is 1.83. The van der Waals surface area contributed by atoms with Crippen LogP contribution in [-0.4, -0.2) is 51.0 Å². The van der Waals surface area contributed by atoms with E-state index in [-0.39, 0.29) is 5.97 Å². The molecule has 1 atom stereocenters. The van der Waals surface area contributed by atoms with Gasteiger partial charge >= 0.3 is 5.97 Å². The summed E-state index contributed by atoms with van der Waals surface area (Å²) in [5, 5.41) is 0. The van der Waals surface area contributed by atoms with Gasteiger partial charge in [0.05, 0.1) is 27.4 Å². The van der Waals surface area contributed by atoms with E-state index in [0.29, 0.717) is 25.6 Å². The zero-order chi connectivity index (χ0) is 13.0. The van der Waals surface area contributed by atoms with Gasteiger partial charge in [0, 0.05) is 12.6 Å².